The summed E-state index contributed by atoms with van der Waals surface area (Å²) in [6, 6.07) is 12.0. The number of piperidine rings is 1. The van der Waals surface area contributed by atoms with Crippen molar-refractivity contribution < 1.29 is 13.6 Å². The maximum Gasteiger partial charge on any atom is 0.336 e. The molecule has 0 saturated carbocycles. The van der Waals surface area contributed by atoms with Crippen LogP contribution in [-0.4, -0.2) is 23.9 Å². The van der Waals surface area contributed by atoms with E-state index in [4.69, 9.17) is 4.42 Å². The third kappa shape index (κ3) is 4.46. The number of carbonyl (C=O) groups is 1. The van der Waals surface area contributed by atoms with Gasteiger partial charge in [-0.15, -0.1) is 0 Å². The Labute approximate surface area is 186 Å². The molecule has 0 radical (unpaired) electrons. The zero-order valence-electron chi connectivity index (χ0n) is 18.0. The molecule has 1 amide bonds. The van der Waals surface area contributed by atoms with E-state index in [-0.39, 0.29) is 23.3 Å². The second kappa shape index (κ2) is 8.87. The lowest BCUT2D eigenvalue weighted by molar-refractivity contribution is -0.126. The number of halogens is 1. The number of nitrogens with zero attached hydrogens (tertiary/aromatic N) is 1. The molecule has 1 aromatic heterocycles. The van der Waals surface area contributed by atoms with Crippen LogP contribution in [0.2, 0.25) is 0 Å². The topological polar surface area (TPSA) is 62.6 Å². The normalized spacial score (nSPS) is 16.9. The zero-order chi connectivity index (χ0) is 22.1. The summed E-state index contributed by atoms with van der Waals surface area (Å²) in [5.41, 5.74) is 4.93. The van der Waals surface area contributed by atoms with Crippen molar-refractivity contribution in [2.24, 2.45) is 5.92 Å². The van der Waals surface area contributed by atoms with Crippen LogP contribution in [0.4, 0.5) is 4.39 Å². The monoisotopic (exact) mass is 434 g/mol. The molecule has 0 atom stereocenters. The summed E-state index contributed by atoms with van der Waals surface area (Å²) in [5, 5.41) is 4.01. The number of benzene rings is 2. The summed E-state index contributed by atoms with van der Waals surface area (Å²) in [6.45, 7) is 2.71. The van der Waals surface area contributed by atoms with Crippen molar-refractivity contribution in [2.45, 2.75) is 45.2 Å². The largest absolute Gasteiger partial charge is 0.423 e. The van der Waals surface area contributed by atoms with Gasteiger partial charge in [-0.25, -0.2) is 9.18 Å². The van der Waals surface area contributed by atoms with Crippen molar-refractivity contribution >= 4 is 16.9 Å². The fourth-order valence-corrected chi connectivity index (χ4v) is 4.96. The predicted molar refractivity (Wildman–Crippen MR) is 121 cm³/mol. The maximum atomic E-state index is 13.0. The fourth-order valence-electron chi connectivity index (χ4n) is 4.96. The standard InChI is InChI=1S/C26H27FN2O3/c27-22-6-4-17(5-7-22)15-28-26(31)18-8-10-29(11-9-18)16-21-14-25(30)32-24-13-20-3-1-2-19(20)12-23(21)24/h4-7,12-14,18H,1-3,8-11,15-16H2,(H,28,31). The maximum absolute atomic E-state index is 13.0. The van der Waals surface area contributed by atoms with Gasteiger partial charge in [-0.1, -0.05) is 12.1 Å². The first-order chi connectivity index (χ1) is 15.5. The van der Waals surface area contributed by atoms with Gasteiger partial charge in [0.25, 0.3) is 0 Å². The quantitative estimate of drug-likeness (QED) is 0.618. The highest BCUT2D eigenvalue weighted by Crippen LogP contribution is 2.29. The van der Waals surface area contributed by atoms with Gasteiger partial charge < -0.3 is 9.73 Å². The minimum Gasteiger partial charge on any atom is -0.423 e. The minimum atomic E-state index is -0.305. The van der Waals surface area contributed by atoms with Crippen LogP contribution in [0.3, 0.4) is 0 Å². The predicted octanol–water partition coefficient (Wildman–Crippen LogP) is 3.95. The molecule has 6 heteroatoms. The Kier molecular flexibility index (Phi) is 5.79. The Hall–Kier alpha value is -2.99. The van der Waals surface area contributed by atoms with Gasteiger partial charge in [0.05, 0.1) is 0 Å². The number of rotatable bonds is 5. The molecule has 1 fully saturated rings. The number of hydrogen-bond acceptors (Lipinski definition) is 4. The van der Waals surface area contributed by atoms with Gasteiger partial charge in [-0.05, 0) is 91.7 Å². The van der Waals surface area contributed by atoms with Crippen molar-refractivity contribution in [1.82, 2.24) is 10.2 Å². The van der Waals surface area contributed by atoms with Gasteiger partial charge in [0.1, 0.15) is 11.4 Å². The number of amides is 1. The SMILES string of the molecule is O=C(NCc1ccc(F)cc1)C1CCN(Cc2cc(=O)oc3cc4c(cc23)CCC4)CC1. The van der Waals surface area contributed by atoms with E-state index in [1.54, 1.807) is 18.2 Å². The molecule has 166 valence electrons. The summed E-state index contributed by atoms with van der Waals surface area (Å²) >= 11 is 0. The molecule has 0 spiro atoms. The number of carbonyl (C=O) groups excluding carboxylic acids is 1. The van der Waals surface area contributed by atoms with Gasteiger partial charge >= 0.3 is 5.63 Å². The second-order valence-electron chi connectivity index (χ2n) is 8.96. The van der Waals surface area contributed by atoms with Crippen LogP contribution in [0.25, 0.3) is 11.0 Å². The molecular formula is C26H27FN2O3. The van der Waals surface area contributed by atoms with Gasteiger partial charge in [-0.2, -0.15) is 0 Å². The van der Waals surface area contributed by atoms with E-state index in [1.165, 1.54) is 23.3 Å². The number of nitrogens with one attached hydrogen (secondary N) is 1. The number of fused-ring (bicyclic) bond motifs is 2. The van der Waals surface area contributed by atoms with E-state index in [0.29, 0.717) is 18.7 Å². The lowest BCUT2D eigenvalue weighted by Gasteiger charge is -2.31. The van der Waals surface area contributed by atoms with E-state index in [1.807, 2.05) is 6.07 Å². The minimum absolute atomic E-state index is 0.0208. The molecule has 5 rings (SSSR count). The van der Waals surface area contributed by atoms with Crippen molar-refractivity contribution in [3.8, 4) is 0 Å². The van der Waals surface area contributed by atoms with Crippen molar-refractivity contribution in [3.63, 3.8) is 0 Å². The van der Waals surface area contributed by atoms with E-state index in [9.17, 15) is 14.0 Å². The number of aryl methyl sites for hydroxylation is 2. The molecule has 1 aliphatic heterocycles. The number of likely N-dealkylation sites (tertiary alicyclic amines) is 1. The Morgan fingerprint density at radius 3 is 2.53 bits per heavy atom. The molecule has 0 unspecified atom stereocenters. The Bertz CT molecular complexity index is 1190. The molecule has 1 N–H and O–H groups in total. The fraction of sp³-hybridized carbons (Fsp3) is 0.385. The molecule has 2 heterocycles. The summed E-state index contributed by atoms with van der Waals surface area (Å²) < 4.78 is 18.5. The van der Waals surface area contributed by atoms with Crippen molar-refractivity contribution in [2.75, 3.05) is 13.1 Å². The number of hydrogen-bond donors (Lipinski definition) is 1. The Balaban J connectivity index is 1.20. The van der Waals surface area contributed by atoms with Crippen LogP contribution in [-0.2, 0) is 30.7 Å². The highest BCUT2D eigenvalue weighted by molar-refractivity contribution is 5.82. The Morgan fingerprint density at radius 2 is 1.78 bits per heavy atom. The van der Waals surface area contributed by atoms with Crippen LogP contribution in [0.5, 0.6) is 0 Å². The third-order valence-electron chi connectivity index (χ3n) is 6.77. The third-order valence-corrected chi connectivity index (χ3v) is 6.77. The van der Waals surface area contributed by atoms with E-state index in [2.05, 4.69) is 16.3 Å². The highest BCUT2D eigenvalue weighted by atomic mass is 19.1. The van der Waals surface area contributed by atoms with Crippen LogP contribution >= 0.6 is 0 Å². The van der Waals surface area contributed by atoms with Gasteiger partial charge in [-0.3, -0.25) is 9.69 Å². The zero-order valence-corrected chi connectivity index (χ0v) is 18.0. The molecule has 2 aliphatic rings. The first-order valence-electron chi connectivity index (χ1n) is 11.4. The molecule has 1 aliphatic carbocycles. The van der Waals surface area contributed by atoms with E-state index < -0.39 is 0 Å². The van der Waals surface area contributed by atoms with Crippen LogP contribution < -0.4 is 10.9 Å². The van der Waals surface area contributed by atoms with Crippen LogP contribution in [0.15, 0.2) is 51.7 Å². The molecular weight excluding hydrogens is 407 g/mol. The average Bonchev–Trinajstić information content (AvgIpc) is 3.25. The van der Waals surface area contributed by atoms with Gasteiger partial charge in [0.15, 0.2) is 0 Å². The first-order valence-corrected chi connectivity index (χ1v) is 11.4. The Morgan fingerprint density at radius 1 is 1.06 bits per heavy atom. The van der Waals surface area contributed by atoms with E-state index in [0.717, 1.165) is 61.7 Å². The lowest BCUT2D eigenvalue weighted by Crippen LogP contribution is -2.40. The van der Waals surface area contributed by atoms with Crippen LogP contribution in [0, 0.1) is 11.7 Å². The molecule has 1 saturated heterocycles. The van der Waals surface area contributed by atoms with Crippen molar-refractivity contribution in [1.29, 1.82) is 0 Å². The smallest absolute Gasteiger partial charge is 0.336 e. The van der Waals surface area contributed by atoms with Gasteiger partial charge in [0, 0.05) is 30.5 Å². The summed E-state index contributed by atoms with van der Waals surface area (Å²) in [4.78, 5) is 27.0. The molecule has 0 bridgehead atoms. The van der Waals surface area contributed by atoms with E-state index >= 15 is 0 Å². The molecule has 5 nitrogen and oxygen atoms in total. The lowest BCUT2D eigenvalue weighted by atomic mass is 9.95. The summed E-state index contributed by atoms with van der Waals surface area (Å²) in [6.07, 6.45) is 4.86. The highest BCUT2D eigenvalue weighted by Gasteiger charge is 2.25. The molecule has 32 heavy (non-hydrogen) atoms. The van der Waals surface area contributed by atoms with Crippen LogP contribution in [0.1, 0.15) is 41.5 Å². The summed E-state index contributed by atoms with van der Waals surface area (Å²) in [5.74, 6) is -0.247. The first kappa shape index (κ1) is 20.9. The summed E-state index contributed by atoms with van der Waals surface area (Å²) in [7, 11) is 0. The van der Waals surface area contributed by atoms with Gasteiger partial charge in [0.2, 0.25) is 5.91 Å². The molecule has 2 aromatic carbocycles. The molecule has 3 aromatic rings. The average molecular weight is 435 g/mol. The van der Waals surface area contributed by atoms with Crippen molar-refractivity contribution in [3.05, 3.63) is 81.0 Å². The second-order valence-corrected chi connectivity index (χ2v) is 8.96.